The van der Waals surface area contributed by atoms with Crippen LogP contribution in [0, 0.1) is 23.7 Å². The Kier molecular flexibility index (Phi) is 9.24. The summed E-state index contributed by atoms with van der Waals surface area (Å²) in [5.41, 5.74) is 0. The van der Waals surface area contributed by atoms with Crippen molar-refractivity contribution >= 4 is 5.97 Å². The minimum atomic E-state index is -0.744. The summed E-state index contributed by atoms with van der Waals surface area (Å²) in [6.45, 7) is 6.36. The highest BCUT2D eigenvalue weighted by atomic mass is 19.1. The molecular formula is C22H37FO4. The van der Waals surface area contributed by atoms with E-state index in [-0.39, 0.29) is 18.4 Å². The second kappa shape index (κ2) is 11.2. The van der Waals surface area contributed by atoms with E-state index in [1.54, 1.807) is 0 Å². The van der Waals surface area contributed by atoms with E-state index in [1.807, 2.05) is 6.92 Å². The highest BCUT2D eigenvalue weighted by molar-refractivity contribution is 5.68. The zero-order chi connectivity index (χ0) is 19.8. The molecule has 1 N–H and O–H groups in total. The molecule has 4 nitrogen and oxygen atoms in total. The van der Waals surface area contributed by atoms with E-state index in [2.05, 4.69) is 30.9 Å². The molecule has 2 fully saturated rings. The summed E-state index contributed by atoms with van der Waals surface area (Å²) in [5.74, 6) is 0.997. The molecule has 0 radical (unpaired) electrons. The summed E-state index contributed by atoms with van der Waals surface area (Å²) >= 11 is 0. The third-order valence-corrected chi connectivity index (χ3v) is 6.44. The van der Waals surface area contributed by atoms with Crippen molar-refractivity contribution in [1.82, 2.24) is 0 Å². The van der Waals surface area contributed by atoms with Gasteiger partial charge >= 0.3 is 5.97 Å². The zero-order valence-electron chi connectivity index (χ0n) is 17.1. The fourth-order valence-corrected chi connectivity index (χ4v) is 4.73. The van der Waals surface area contributed by atoms with E-state index in [0.29, 0.717) is 36.7 Å². The number of halogens is 1. The Morgan fingerprint density at radius 3 is 2.81 bits per heavy atom. The number of carbonyl (C=O) groups is 1. The summed E-state index contributed by atoms with van der Waals surface area (Å²) < 4.78 is 20.5. The monoisotopic (exact) mass is 384 g/mol. The number of fused-ring (bicyclic) bond motifs is 1. The molecule has 0 bridgehead atoms. The predicted octanol–water partition coefficient (Wildman–Crippen LogP) is 5.71. The number of ether oxygens (including phenoxy) is 1. The Balaban J connectivity index is 1.78. The van der Waals surface area contributed by atoms with Gasteiger partial charge in [-0.05, 0) is 49.9 Å². The van der Waals surface area contributed by atoms with Gasteiger partial charge in [-0.15, -0.1) is 0 Å². The second-order valence-electron chi connectivity index (χ2n) is 8.60. The normalized spacial score (nSPS) is 32.6. The van der Waals surface area contributed by atoms with Crippen LogP contribution in [0.3, 0.4) is 0 Å². The molecule has 0 aromatic carbocycles. The number of hydrogen-bond acceptors (Lipinski definition) is 4. The van der Waals surface area contributed by atoms with Gasteiger partial charge < -0.3 is 9.62 Å². The van der Waals surface area contributed by atoms with Crippen molar-refractivity contribution in [3.63, 3.8) is 0 Å². The van der Waals surface area contributed by atoms with Crippen LogP contribution in [-0.4, -0.2) is 29.6 Å². The zero-order valence-corrected chi connectivity index (χ0v) is 17.1. The molecule has 0 aromatic rings. The number of hydrogen-bond donors (Lipinski definition) is 1. The lowest BCUT2D eigenvalue weighted by atomic mass is 9.85. The fraction of sp³-hybridized carbons (Fsp3) is 0.864. The lowest BCUT2D eigenvalue weighted by molar-refractivity contribution is -0.234. The van der Waals surface area contributed by atoms with E-state index in [9.17, 15) is 9.18 Å². The van der Waals surface area contributed by atoms with Crippen molar-refractivity contribution < 1.29 is 24.1 Å². The van der Waals surface area contributed by atoms with Gasteiger partial charge in [-0.3, -0.25) is 0 Å². The van der Waals surface area contributed by atoms with E-state index in [1.165, 1.54) is 0 Å². The van der Waals surface area contributed by atoms with Crippen molar-refractivity contribution in [1.29, 1.82) is 0 Å². The van der Waals surface area contributed by atoms with Crippen LogP contribution in [0.2, 0.25) is 0 Å². The SMILES string of the molecule is CCCC[C@@H](F)[C@H](C)C=C[C@H]1[C@H]2C[C@H](CCCCC(=O)OO)O[C@H]2C[C@H]1C. The van der Waals surface area contributed by atoms with Gasteiger partial charge in [-0.1, -0.05) is 52.2 Å². The van der Waals surface area contributed by atoms with Crippen molar-refractivity contribution in [2.24, 2.45) is 23.7 Å². The van der Waals surface area contributed by atoms with Gasteiger partial charge in [0.25, 0.3) is 0 Å². The first-order valence-electron chi connectivity index (χ1n) is 10.8. The van der Waals surface area contributed by atoms with Crippen LogP contribution in [0.5, 0.6) is 0 Å². The molecule has 1 saturated heterocycles. The molecule has 0 unspecified atom stereocenters. The van der Waals surface area contributed by atoms with E-state index < -0.39 is 12.1 Å². The minimum Gasteiger partial charge on any atom is -0.375 e. The largest absolute Gasteiger partial charge is 0.375 e. The summed E-state index contributed by atoms with van der Waals surface area (Å²) in [7, 11) is 0. The van der Waals surface area contributed by atoms with Crippen LogP contribution in [0.4, 0.5) is 4.39 Å². The Morgan fingerprint density at radius 1 is 1.33 bits per heavy atom. The van der Waals surface area contributed by atoms with Crippen LogP contribution in [0.25, 0.3) is 0 Å². The third-order valence-electron chi connectivity index (χ3n) is 6.44. The number of unbranched alkanes of at least 4 members (excludes halogenated alkanes) is 2. The molecule has 1 aliphatic carbocycles. The molecule has 0 amide bonds. The molecule has 1 saturated carbocycles. The Hall–Kier alpha value is -0.940. The molecule has 156 valence electrons. The second-order valence-corrected chi connectivity index (χ2v) is 8.60. The average molecular weight is 385 g/mol. The minimum absolute atomic E-state index is 0.0211. The van der Waals surface area contributed by atoms with Gasteiger partial charge in [0.2, 0.25) is 0 Å². The first-order valence-corrected chi connectivity index (χ1v) is 10.8. The Bertz CT molecular complexity index is 481. The summed E-state index contributed by atoms with van der Waals surface area (Å²) in [6, 6.07) is 0. The van der Waals surface area contributed by atoms with Crippen LogP contribution in [0.1, 0.15) is 78.6 Å². The van der Waals surface area contributed by atoms with Crippen LogP contribution >= 0.6 is 0 Å². The molecule has 7 atom stereocenters. The number of rotatable bonds is 11. The maximum atomic E-state index is 14.2. The van der Waals surface area contributed by atoms with Crippen molar-refractivity contribution in [3.05, 3.63) is 12.2 Å². The van der Waals surface area contributed by atoms with Crippen molar-refractivity contribution in [2.75, 3.05) is 0 Å². The van der Waals surface area contributed by atoms with Crippen LogP contribution in [0.15, 0.2) is 12.2 Å². The van der Waals surface area contributed by atoms with Crippen molar-refractivity contribution in [3.8, 4) is 0 Å². The smallest absolute Gasteiger partial charge is 0.342 e. The molecule has 2 aliphatic rings. The molecule has 5 heteroatoms. The standard InChI is InChI=1S/C22H37FO4/c1-4-5-9-20(23)15(2)11-12-18-16(3)13-21-19(18)14-17(26-21)8-6-7-10-22(24)27-25/h11-12,15-21,25H,4-10,13-14H2,1-3H3/t15-,16-,17+,18-,19-,20-,21+/m1/s1. The molecule has 0 aromatic heterocycles. The quantitative estimate of drug-likeness (QED) is 0.214. The first-order chi connectivity index (χ1) is 13.0. The predicted molar refractivity (Wildman–Crippen MR) is 104 cm³/mol. The molecule has 1 aliphatic heterocycles. The van der Waals surface area contributed by atoms with Crippen LogP contribution in [-0.2, 0) is 14.4 Å². The Labute approximate surface area is 163 Å². The summed E-state index contributed by atoms with van der Waals surface area (Å²) in [5, 5.41) is 8.27. The van der Waals surface area contributed by atoms with Gasteiger partial charge in [0.1, 0.15) is 6.17 Å². The topological polar surface area (TPSA) is 55.8 Å². The van der Waals surface area contributed by atoms with Gasteiger partial charge in [-0.25, -0.2) is 9.18 Å². The molecule has 1 heterocycles. The lowest BCUT2D eigenvalue weighted by Crippen LogP contribution is -2.15. The van der Waals surface area contributed by atoms with Gasteiger partial charge in [-0.2, -0.15) is 5.26 Å². The molecule has 0 spiro atoms. The Morgan fingerprint density at radius 2 is 2.11 bits per heavy atom. The summed E-state index contributed by atoms with van der Waals surface area (Å²) in [4.78, 5) is 14.6. The summed E-state index contributed by atoms with van der Waals surface area (Å²) in [6.07, 6.45) is 11.8. The number of allylic oxidation sites excluding steroid dienone is 2. The van der Waals surface area contributed by atoms with Gasteiger partial charge in [0.05, 0.1) is 12.2 Å². The highest BCUT2D eigenvalue weighted by Crippen LogP contribution is 2.48. The van der Waals surface area contributed by atoms with Crippen LogP contribution < -0.4 is 0 Å². The maximum absolute atomic E-state index is 14.2. The van der Waals surface area contributed by atoms with E-state index in [4.69, 9.17) is 9.99 Å². The lowest BCUT2D eigenvalue weighted by Gasteiger charge is -2.20. The molecular weight excluding hydrogens is 347 g/mol. The third kappa shape index (κ3) is 6.56. The van der Waals surface area contributed by atoms with E-state index in [0.717, 1.165) is 38.5 Å². The van der Waals surface area contributed by atoms with Gasteiger partial charge in [0, 0.05) is 12.3 Å². The first kappa shape index (κ1) is 22.4. The molecule has 27 heavy (non-hydrogen) atoms. The number of carbonyl (C=O) groups excluding carboxylic acids is 1. The number of alkyl halides is 1. The fourth-order valence-electron chi connectivity index (χ4n) is 4.73. The molecule has 2 rings (SSSR count). The highest BCUT2D eigenvalue weighted by Gasteiger charge is 2.46. The van der Waals surface area contributed by atoms with Crippen molar-refractivity contribution in [2.45, 2.75) is 96.9 Å². The average Bonchev–Trinajstić information content (AvgIpc) is 3.17. The van der Waals surface area contributed by atoms with E-state index >= 15 is 0 Å². The maximum Gasteiger partial charge on any atom is 0.342 e. The van der Waals surface area contributed by atoms with Gasteiger partial charge in [0.15, 0.2) is 0 Å².